The van der Waals surface area contributed by atoms with E-state index in [1.54, 1.807) is 0 Å². The summed E-state index contributed by atoms with van der Waals surface area (Å²) in [7, 11) is 0. The van der Waals surface area contributed by atoms with Crippen molar-refractivity contribution in [3.63, 3.8) is 0 Å². The number of Topliss-reactive ketones (excluding diaryl/α,β-unsaturated/α-hetero) is 1. The zero-order chi connectivity index (χ0) is 11.8. The van der Waals surface area contributed by atoms with E-state index in [0.29, 0.717) is 12.2 Å². The minimum atomic E-state index is 0.414. The van der Waals surface area contributed by atoms with Crippen LogP contribution in [0.2, 0.25) is 0 Å². The second-order valence-corrected chi connectivity index (χ2v) is 4.42. The van der Waals surface area contributed by atoms with Gasteiger partial charge < -0.3 is 0 Å². The summed E-state index contributed by atoms with van der Waals surface area (Å²) in [6.07, 6.45) is 5.79. The van der Waals surface area contributed by atoms with Gasteiger partial charge in [0.1, 0.15) is 5.78 Å². The van der Waals surface area contributed by atoms with Crippen molar-refractivity contribution in [3.8, 4) is 0 Å². The third kappa shape index (κ3) is 4.61. The van der Waals surface area contributed by atoms with Gasteiger partial charge in [0, 0.05) is 12.8 Å². The minimum absolute atomic E-state index is 0.414. The van der Waals surface area contributed by atoms with Crippen LogP contribution in [0.3, 0.4) is 0 Å². The molecule has 0 atom stereocenters. The summed E-state index contributed by atoms with van der Waals surface area (Å²) < 4.78 is 0. The zero-order valence-corrected chi connectivity index (χ0v) is 10.5. The van der Waals surface area contributed by atoms with Gasteiger partial charge in [0.2, 0.25) is 0 Å². The fraction of sp³-hybridized carbons (Fsp3) is 0.533. The third-order valence-electron chi connectivity index (χ3n) is 2.99. The molecule has 0 heterocycles. The van der Waals surface area contributed by atoms with Crippen LogP contribution in [0.4, 0.5) is 0 Å². The van der Waals surface area contributed by atoms with E-state index in [4.69, 9.17) is 0 Å². The lowest BCUT2D eigenvalue weighted by atomic mass is 10.0. The Kier molecular flexibility index (Phi) is 5.84. The maximum atomic E-state index is 11.6. The Morgan fingerprint density at radius 3 is 2.56 bits per heavy atom. The molecule has 0 N–H and O–H groups in total. The van der Waals surface area contributed by atoms with Gasteiger partial charge in [0.25, 0.3) is 0 Å². The maximum Gasteiger partial charge on any atom is 0.133 e. The van der Waals surface area contributed by atoms with E-state index in [9.17, 15) is 4.79 Å². The molecule has 0 aliphatic carbocycles. The van der Waals surface area contributed by atoms with Gasteiger partial charge in [0.15, 0.2) is 0 Å². The highest BCUT2D eigenvalue weighted by Gasteiger charge is 2.03. The molecular formula is C15H22O. The summed E-state index contributed by atoms with van der Waals surface area (Å²) in [5, 5.41) is 0. The van der Waals surface area contributed by atoms with Crippen molar-refractivity contribution in [1.82, 2.24) is 0 Å². The summed E-state index contributed by atoms with van der Waals surface area (Å²) >= 11 is 0. The predicted octanol–water partition coefficient (Wildman–Crippen LogP) is 4.08. The van der Waals surface area contributed by atoms with E-state index < -0.39 is 0 Å². The predicted molar refractivity (Wildman–Crippen MR) is 68.6 cm³/mol. The number of ketones is 1. The van der Waals surface area contributed by atoms with Crippen molar-refractivity contribution in [2.75, 3.05) is 0 Å². The summed E-state index contributed by atoms with van der Waals surface area (Å²) in [5.41, 5.74) is 2.61. The first-order chi connectivity index (χ1) is 7.74. The lowest BCUT2D eigenvalue weighted by molar-refractivity contribution is -0.119. The van der Waals surface area contributed by atoms with Gasteiger partial charge in [0.05, 0.1) is 0 Å². The number of hydrogen-bond acceptors (Lipinski definition) is 1. The van der Waals surface area contributed by atoms with Crippen LogP contribution in [0.5, 0.6) is 0 Å². The van der Waals surface area contributed by atoms with Crippen LogP contribution in [0, 0.1) is 6.92 Å². The molecule has 88 valence electrons. The number of carbonyl (C=O) groups excluding carboxylic acids is 1. The second kappa shape index (κ2) is 7.21. The van der Waals surface area contributed by atoms with E-state index in [1.165, 1.54) is 24.0 Å². The highest BCUT2D eigenvalue weighted by molar-refractivity contribution is 5.78. The normalized spacial score (nSPS) is 10.4. The molecule has 1 nitrogen and oxygen atoms in total. The second-order valence-electron chi connectivity index (χ2n) is 4.42. The zero-order valence-electron chi connectivity index (χ0n) is 10.5. The maximum absolute atomic E-state index is 11.6. The molecule has 0 saturated carbocycles. The molecule has 1 rings (SSSR count). The lowest BCUT2D eigenvalue weighted by Crippen LogP contribution is -2.01. The smallest absolute Gasteiger partial charge is 0.133 e. The standard InChI is InChI=1S/C15H22O/c1-3-4-5-10-15(16)12-11-14-9-7-6-8-13(14)2/h6-9H,3-5,10-12H2,1-2H3. The molecule has 16 heavy (non-hydrogen) atoms. The van der Waals surface area contributed by atoms with Crippen molar-refractivity contribution in [2.45, 2.75) is 52.4 Å². The number of rotatable bonds is 7. The van der Waals surface area contributed by atoms with E-state index in [0.717, 1.165) is 19.3 Å². The first-order valence-electron chi connectivity index (χ1n) is 6.30. The van der Waals surface area contributed by atoms with Crippen LogP contribution in [-0.2, 0) is 11.2 Å². The first-order valence-corrected chi connectivity index (χ1v) is 6.30. The van der Waals surface area contributed by atoms with Crippen molar-refractivity contribution in [2.24, 2.45) is 0 Å². The van der Waals surface area contributed by atoms with Gasteiger partial charge in [-0.15, -0.1) is 0 Å². The largest absolute Gasteiger partial charge is 0.300 e. The molecule has 0 aromatic heterocycles. The van der Waals surface area contributed by atoms with Crippen LogP contribution in [0.15, 0.2) is 24.3 Å². The third-order valence-corrected chi connectivity index (χ3v) is 2.99. The SMILES string of the molecule is CCCCCC(=O)CCc1ccccc1C. The van der Waals surface area contributed by atoms with Gasteiger partial charge in [-0.2, -0.15) is 0 Å². The monoisotopic (exact) mass is 218 g/mol. The number of carbonyl (C=O) groups is 1. The Morgan fingerprint density at radius 2 is 1.88 bits per heavy atom. The van der Waals surface area contributed by atoms with Gasteiger partial charge in [-0.1, -0.05) is 44.0 Å². The van der Waals surface area contributed by atoms with Crippen LogP contribution < -0.4 is 0 Å². The highest BCUT2D eigenvalue weighted by Crippen LogP contribution is 2.11. The molecule has 0 amide bonds. The fourth-order valence-corrected chi connectivity index (χ4v) is 1.86. The average molecular weight is 218 g/mol. The number of hydrogen-bond donors (Lipinski definition) is 0. The van der Waals surface area contributed by atoms with Crippen molar-refractivity contribution in [1.29, 1.82) is 0 Å². The van der Waals surface area contributed by atoms with Crippen LogP contribution in [-0.4, -0.2) is 5.78 Å². The Labute approximate surface area is 98.9 Å². The average Bonchev–Trinajstić information content (AvgIpc) is 2.28. The van der Waals surface area contributed by atoms with Crippen LogP contribution in [0.1, 0.15) is 50.2 Å². The van der Waals surface area contributed by atoms with Gasteiger partial charge in [-0.3, -0.25) is 4.79 Å². The molecular weight excluding hydrogens is 196 g/mol. The Hall–Kier alpha value is -1.11. The van der Waals surface area contributed by atoms with E-state index in [2.05, 4.69) is 26.0 Å². The topological polar surface area (TPSA) is 17.1 Å². The van der Waals surface area contributed by atoms with Crippen LogP contribution in [0.25, 0.3) is 0 Å². The molecule has 0 unspecified atom stereocenters. The summed E-state index contributed by atoms with van der Waals surface area (Å²) in [6.45, 7) is 4.27. The number of unbranched alkanes of at least 4 members (excludes halogenated alkanes) is 2. The summed E-state index contributed by atoms with van der Waals surface area (Å²) in [4.78, 5) is 11.6. The molecule has 0 aliphatic rings. The van der Waals surface area contributed by atoms with E-state index in [-0.39, 0.29) is 0 Å². The van der Waals surface area contributed by atoms with Gasteiger partial charge in [-0.05, 0) is 30.9 Å². The first kappa shape index (κ1) is 13.0. The van der Waals surface area contributed by atoms with Crippen molar-refractivity contribution >= 4 is 5.78 Å². The van der Waals surface area contributed by atoms with E-state index in [1.807, 2.05) is 12.1 Å². The molecule has 1 heteroatoms. The fourth-order valence-electron chi connectivity index (χ4n) is 1.86. The Balaban J connectivity index is 2.29. The molecule has 0 spiro atoms. The summed E-state index contributed by atoms with van der Waals surface area (Å²) in [5.74, 6) is 0.414. The van der Waals surface area contributed by atoms with Crippen molar-refractivity contribution in [3.05, 3.63) is 35.4 Å². The number of aryl methyl sites for hydroxylation is 2. The molecule has 0 fully saturated rings. The van der Waals surface area contributed by atoms with Gasteiger partial charge in [-0.25, -0.2) is 0 Å². The molecule has 0 radical (unpaired) electrons. The number of benzene rings is 1. The minimum Gasteiger partial charge on any atom is -0.300 e. The molecule has 0 saturated heterocycles. The molecule has 0 aliphatic heterocycles. The van der Waals surface area contributed by atoms with E-state index >= 15 is 0 Å². The molecule has 0 bridgehead atoms. The Morgan fingerprint density at radius 1 is 1.12 bits per heavy atom. The van der Waals surface area contributed by atoms with Crippen molar-refractivity contribution < 1.29 is 4.79 Å². The summed E-state index contributed by atoms with van der Waals surface area (Å²) in [6, 6.07) is 8.32. The molecule has 1 aromatic rings. The lowest BCUT2D eigenvalue weighted by Gasteiger charge is -2.04. The Bertz CT molecular complexity index is 328. The highest BCUT2D eigenvalue weighted by atomic mass is 16.1. The quantitative estimate of drug-likeness (QED) is 0.630. The van der Waals surface area contributed by atoms with Gasteiger partial charge >= 0.3 is 0 Å². The van der Waals surface area contributed by atoms with Crippen LogP contribution >= 0.6 is 0 Å². The molecule has 1 aromatic carbocycles.